The van der Waals surface area contributed by atoms with E-state index in [1.165, 1.54) is 24.3 Å². The maximum absolute atomic E-state index is 13.0. The number of carbonyl (C=O) groups excluding carboxylic acids is 2. The van der Waals surface area contributed by atoms with Crippen molar-refractivity contribution >= 4 is 39.1 Å². The quantitative estimate of drug-likeness (QED) is 0.371. The number of anilines is 2. The van der Waals surface area contributed by atoms with E-state index < -0.39 is 0 Å². The summed E-state index contributed by atoms with van der Waals surface area (Å²) < 4.78 is 19.5. The first kappa shape index (κ1) is 23.5. The van der Waals surface area contributed by atoms with Gasteiger partial charge in [-0.2, -0.15) is 0 Å². The lowest BCUT2D eigenvalue weighted by atomic mass is 10.1. The monoisotopic (exact) mass is 498 g/mol. The summed E-state index contributed by atoms with van der Waals surface area (Å²) in [6.45, 7) is 4.87. The van der Waals surface area contributed by atoms with E-state index in [0.717, 1.165) is 6.42 Å². The molecule has 2 amide bonds. The van der Waals surface area contributed by atoms with Crippen LogP contribution in [0.25, 0.3) is 0 Å². The average molecular weight is 499 g/mol. The number of benzene rings is 3. The molecule has 0 aliphatic heterocycles. The second kappa shape index (κ2) is 10.9. The minimum atomic E-state index is -0.380. The second-order valence-corrected chi connectivity index (χ2v) is 8.53. The van der Waals surface area contributed by atoms with E-state index in [9.17, 15) is 14.0 Å². The van der Waals surface area contributed by atoms with Gasteiger partial charge in [0.25, 0.3) is 11.8 Å². The molecule has 0 aromatic heterocycles. The third kappa shape index (κ3) is 6.65. The molecule has 0 radical (unpaired) electrons. The van der Waals surface area contributed by atoms with Gasteiger partial charge in [0.05, 0.1) is 11.1 Å². The van der Waals surface area contributed by atoms with Crippen molar-refractivity contribution in [1.29, 1.82) is 0 Å². The fourth-order valence-corrected chi connectivity index (χ4v) is 3.33. The highest BCUT2D eigenvalue weighted by molar-refractivity contribution is 9.10. The molecule has 3 aromatic carbocycles. The molecule has 0 spiro atoms. The SMILES string of the molecule is CC(C)CCOc1ccc(C(=O)Nc2cccc(C(=O)Nc3ccc(F)cc3)c2)cc1Br. The number of amides is 2. The van der Waals surface area contributed by atoms with Gasteiger partial charge in [0.1, 0.15) is 11.6 Å². The standard InChI is InChI=1S/C25H24BrFN2O3/c1-16(2)12-13-32-23-11-6-18(15-22(23)26)25(31)29-21-5-3-4-17(14-21)24(30)28-20-9-7-19(27)8-10-20/h3-11,14-16H,12-13H2,1-2H3,(H,28,30)(H,29,31). The highest BCUT2D eigenvalue weighted by Gasteiger charge is 2.12. The molecule has 3 rings (SSSR count). The van der Waals surface area contributed by atoms with E-state index in [4.69, 9.17) is 4.74 Å². The van der Waals surface area contributed by atoms with Crippen LogP contribution in [0.1, 0.15) is 41.0 Å². The van der Waals surface area contributed by atoms with Gasteiger partial charge in [-0.05, 0) is 88.9 Å². The number of rotatable bonds is 8. The maximum atomic E-state index is 13.0. The van der Waals surface area contributed by atoms with Gasteiger partial charge < -0.3 is 15.4 Å². The zero-order chi connectivity index (χ0) is 23.1. The molecule has 0 saturated carbocycles. The number of hydrogen-bond acceptors (Lipinski definition) is 3. The fraction of sp³-hybridized carbons (Fsp3) is 0.200. The maximum Gasteiger partial charge on any atom is 0.255 e. The van der Waals surface area contributed by atoms with Crippen molar-refractivity contribution in [3.8, 4) is 5.75 Å². The van der Waals surface area contributed by atoms with Crippen LogP contribution in [0.2, 0.25) is 0 Å². The zero-order valence-electron chi connectivity index (χ0n) is 17.8. The molecular formula is C25H24BrFN2O3. The Morgan fingerprint density at radius 1 is 0.906 bits per heavy atom. The van der Waals surface area contributed by atoms with Gasteiger partial charge in [0.15, 0.2) is 0 Å². The van der Waals surface area contributed by atoms with Crippen LogP contribution in [-0.4, -0.2) is 18.4 Å². The van der Waals surface area contributed by atoms with E-state index in [1.54, 1.807) is 42.5 Å². The molecule has 166 valence electrons. The van der Waals surface area contributed by atoms with Crippen molar-refractivity contribution in [2.45, 2.75) is 20.3 Å². The largest absolute Gasteiger partial charge is 0.492 e. The Hall–Kier alpha value is -3.19. The Morgan fingerprint density at radius 2 is 1.56 bits per heavy atom. The van der Waals surface area contributed by atoms with Gasteiger partial charge in [0, 0.05) is 22.5 Å². The van der Waals surface area contributed by atoms with Gasteiger partial charge in [-0.1, -0.05) is 19.9 Å². The van der Waals surface area contributed by atoms with Crippen molar-refractivity contribution in [2.75, 3.05) is 17.2 Å². The van der Waals surface area contributed by atoms with Crippen LogP contribution in [0.3, 0.4) is 0 Å². The van der Waals surface area contributed by atoms with Crippen molar-refractivity contribution in [3.05, 3.63) is 88.1 Å². The molecule has 3 aromatic rings. The molecule has 32 heavy (non-hydrogen) atoms. The summed E-state index contributed by atoms with van der Waals surface area (Å²) in [5.74, 6) is 0.178. The Kier molecular flexibility index (Phi) is 8.00. The molecule has 0 aliphatic rings. The van der Waals surface area contributed by atoms with E-state index >= 15 is 0 Å². The number of ether oxygens (including phenoxy) is 1. The molecule has 0 fully saturated rings. The number of nitrogens with one attached hydrogen (secondary N) is 2. The van der Waals surface area contributed by atoms with Gasteiger partial charge in [-0.25, -0.2) is 4.39 Å². The van der Waals surface area contributed by atoms with Crippen LogP contribution >= 0.6 is 15.9 Å². The number of carbonyl (C=O) groups is 2. The molecule has 2 N–H and O–H groups in total. The van der Waals surface area contributed by atoms with Crippen LogP contribution in [-0.2, 0) is 0 Å². The smallest absolute Gasteiger partial charge is 0.255 e. The second-order valence-electron chi connectivity index (χ2n) is 7.67. The Bertz CT molecular complexity index is 1100. The zero-order valence-corrected chi connectivity index (χ0v) is 19.4. The lowest BCUT2D eigenvalue weighted by Crippen LogP contribution is -2.14. The summed E-state index contributed by atoms with van der Waals surface area (Å²) in [7, 11) is 0. The molecule has 0 unspecified atom stereocenters. The highest BCUT2D eigenvalue weighted by atomic mass is 79.9. The normalized spacial score (nSPS) is 10.7. The lowest BCUT2D eigenvalue weighted by Gasteiger charge is -2.12. The van der Waals surface area contributed by atoms with Gasteiger partial charge in [0.2, 0.25) is 0 Å². The van der Waals surface area contributed by atoms with E-state index in [2.05, 4.69) is 40.4 Å². The molecule has 0 saturated heterocycles. The van der Waals surface area contributed by atoms with E-state index in [1.807, 2.05) is 0 Å². The summed E-state index contributed by atoms with van der Waals surface area (Å²) >= 11 is 3.45. The summed E-state index contributed by atoms with van der Waals surface area (Å²) in [4.78, 5) is 25.2. The topological polar surface area (TPSA) is 67.4 Å². The van der Waals surface area contributed by atoms with E-state index in [0.29, 0.717) is 45.2 Å². The summed E-state index contributed by atoms with van der Waals surface area (Å²) in [5.41, 5.74) is 1.78. The molecule has 5 nitrogen and oxygen atoms in total. The average Bonchev–Trinajstić information content (AvgIpc) is 2.76. The third-order valence-corrected chi connectivity index (χ3v) is 5.25. The lowest BCUT2D eigenvalue weighted by molar-refractivity contribution is 0.101. The molecule has 0 bridgehead atoms. The Morgan fingerprint density at radius 3 is 2.22 bits per heavy atom. The van der Waals surface area contributed by atoms with Gasteiger partial charge in [-0.15, -0.1) is 0 Å². The van der Waals surface area contributed by atoms with Crippen LogP contribution < -0.4 is 15.4 Å². The molecule has 7 heteroatoms. The molecule has 0 atom stereocenters. The molecule has 0 heterocycles. The molecular weight excluding hydrogens is 475 g/mol. The predicted molar refractivity (Wildman–Crippen MR) is 128 cm³/mol. The Labute approximate surface area is 195 Å². The summed E-state index contributed by atoms with van der Waals surface area (Å²) in [6.07, 6.45) is 0.944. The highest BCUT2D eigenvalue weighted by Crippen LogP contribution is 2.27. The minimum absolute atomic E-state index is 0.310. The summed E-state index contributed by atoms with van der Waals surface area (Å²) in [5, 5.41) is 5.50. The van der Waals surface area contributed by atoms with Crippen molar-refractivity contribution in [1.82, 2.24) is 0 Å². The van der Waals surface area contributed by atoms with Crippen LogP contribution in [0.15, 0.2) is 71.2 Å². The first-order valence-corrected chi connectivity index (χ1v) is 11.0. The van der Waals surface area contributed by atoms with Crippen molar-refractivity contribution in [3.63, 3.8) is 0 Å². The van der Waals surface area contributed by atoms with Gasteiger partial charge >= 0.3 is 0 Å². The van der Waals surface area contributed by atoms with Crippen LogP contribution in [0.4, 0.5) is 15.8 Å². The minimum Gasteiger partial charge on any atom is -0.492 e. The van der Waals surface area contributed by atoms with Crippen molar-refractivity contribution < 1.29 is 18.7 Å². The van der Waals surface area contributed by atoms with E-state index in [-0.39, 0.29) is 17.6 Å². The predicted octanol–water partition coefficient (Wildman–Crippen LogP) is 6.52. The van der Waals surface area contributed by atoms with Crippen molar-refractivity contribution in [2.24, 2.45) is 5.92 Å². The number of halogens is 2. The molecule has 0 aliphatic carbocycles. The first-order chi connectivity index (χ1) is 15.3. The Balaban J connectivity index is 1.64. The fourth-order valence-electron chi connectivity index (χ4n) is 2.84. The van der Waals surface area contributed by atoms with Gasteiger partial charge in [-0.3, -0.25) is 9.59 Å². The number of hydrogen-bond donors (Lipinski definition) is 2. The third-order valence-electron chi connectivity index (χ3n) is 4.63. The van der Waals surface area contributed by atoms with Crippen LogP contribution in [0.5, 0.6) is 5.75 Å². The van der Waals surface area contributed by atoms with Crippen LogP contribution in [0, 0.1) is 11.7 Å². The first-order valence-electron chi connectivity index (χ1n) is 10.2. The summed E-state index contributed by atoms with van der Waals surface area (Å²) in [6, 6.07) is 17.2.